The van der Waals surface area contributed by atoms with Crippen LogP contribution < -0.4 is 10.1 Å². The van der Waals surface area contributed by atoms with Crippen LogP contribution >= 0.6 is 43.5 Å². The van der Waals surface area contributed by atoms with Crippen molar-refractivity contribution in [2.45, 2.75) is 13.5 Å². The molecule has 0 aliphatic rings. The molecule has 4 nitrogen and oxygen atoms in total. The SMILES string of the molecule is Cc1ccc(NC(=O)/C(C#N)=C/c2cc(Br)cc(Br)c2OCc2ccccc2)cc1Cl. The summed E-state index contributed by atoms with van der Waals surface area (Å²) in [5.74, 6) is -0.00138. The number of halogens is 3. The Morgan fingerprint density at radius 3 is 2.58 bits per heavy atom. The molecule has 7 heteroatoms. The number of anilines is 1. The largest absolute Gasteiger partial charge is 0.487 e. The van der Waals surface area contributed by atoms with E-state index in [1.165, 1.54) is 6.08 Å². The second kappa shape index (κ2) is 10.6. The number of nitrogens with one attached hydrogen (secondary N) is 1. The number of benzene rings is 3. The summed E-state index contributed by atoms with van der Waals surface area (Å²) in [4.78, 5) is 12.7. The maximum absolute atomic E-state index is 12.7. The molecule has 0 atom stereocenters. The van der Waals surface area contributed by atoms with Gasteiger partial charge in [-0.1, -0.05) is 63.9 Å². The van der Waals surface area contributed by atoms with Gasteiger partial charge in [0.25, 0.3) is 5.91 Å². The zero-order valence-electron chi connectivity index (χ0n) is 16.5. The fourth-order valence-corrected chi connectivity index (χ4v) is 4.30. The van der Waals surface area contributed by atoms with E-state index in [-0.39, 0.29) is 5.57 Å². The van der Waals surface area contributed by atoms with Gasteiger partial charge in [0, 0.05) is 20.7 Å². The van der Waals surface area contributed by atoms with E-state index < -0.39 is 5.91 Å². The molecule has 3 aromatic rings. The first-order valence-electron chi connectivity index (χ1n) is 9.22. The third kappa shape index (κ3) is 6.20. The summed E-state index contributed by atoms with van der Waals surface area (Å²) in [5, 5.41) is 12.8. The van der Waals surface area contributed by atoms with E-state index in [0.29, 0.717) is 33.1 Å². The Labute approximate surface area is 202 Å². The first-order valence-corrected chi connectivity index (χ1v) is 11.2. The van der Waals surface area contributed by atoms with Gasteiger partial charge in [-0.3, -0.25) is 4.79 Å². The minimum Gasteiger partial charge on any atom is -0.487 e. The summed E-state index contributed by atoms with van der Waals surface area (Å²) < 4.78 is 7.49. The molecule has 0 unspecified atom stereocenters. The summed E-state index contributed by atoms with van der Waals surface area (Å²) in [6.07, 6.45) is 1.50. The summed E-state index contributed by atoms with van der Waals surface area (Å²) in [7, 11) is 0. The Bertz CT molecular complexity index is 1190. The lowest BCUT2D eigenvalue weighted by atomic mass is 10.1. The molecule has 0 bridgehead atoms. The van der Waals surface area contributed by atoms with E-state index in [1.807, 2.05) is 49.4 Å². The van der Waals surface area contributed by atoms with E-state index in [1.54, 1.807) is 24.3 Å². The van der Waals surface area contributed by atoms with Gasteiger partial charge in [-0.2, -0.15) is 5.26 Å². The van der Waals surface area contributed by atoms with Crippen molar-refractivity contribution in [3.05, 3.63) is 96.9 Å². The van der Waals surface area contributed by atoms with Crippen molar-refractivity contribution < 1.29 is 9.53 Å². The number of rotatable bonds is 6. The molecule has 1 amide bonds. The Kier molecular flexibility index (Phi) is 7.91. The van der Waals surface area contributed by atoms with Gasteiger partial charge in [-0.25, -0.2) is 0 Å². The van der Waals surface area contributed by atoms with Gasteiger partial charge < -0.3 is 10.1 Å². The zero-order valence-corrected chi connectivity index (χ0v) is 20.4. The zero-order chi connectivity index (χ0) is 22.4. The van der Waals surface area contributed by atoms with E-state index in [0.717, 1.165) is 15.6 Å². The highest BCUT2D eigenvalue weighted by Gasteiger charge is 2.15. The van der Waals surface area contributed by atoms with Crippen LogP contribution in [0.3, 0.4) is 0 Å². The Balaban J connectivity index is 1.89. The van der Waals surface area contributed by atoms with Crippen molar-refractivity contribution in [1.82, 2.24) is 0 Å². The number of aryl methyl sites for hydroxylation is 1. The third-order valence-corrected chi connectivity index (χ3v) is 5.81. The van der Waals surface area contributed by atoms with Crippen molar-refractivity contribution in [3.63, 3.8) is 0 Å². The highest BCUT2D eigenvalue weighted by molar-refractivity contribution is 9.11. The standard InChI is InChI=1S/C24H17Br2ClN2O2/c1-15-7-8-20(12-22(15)27)29-24(30)18(13-28)9-17-10-19(25)11-21(26)23(17)31-14-16-5-3-2-4-6-16/h2-12H,14H2,1H3,(H,29,30)/b18-9+. The monoisotopic (exact) mass is 558 g/mol. The number of carbonyl (C=O) groups excluding carboxylic acids is 1. The molecular weight excluding hydrogens is 544 g/mol. The highest BCUT2D eigenvalue weighted by atomic mass is 79.9. The van der Waals surface area contributed by atoms with Gasteiger partial charge in [-0.05, 0) is 64.3 Å². The molecule has 0 saturated heterocycles. The predicted octanol–water partition coefficient (Wildman–Crippen LogP) is 7.30. The third-order valence-electron chi connectivity index (χ3n) is 4.36. The summed E-state index contributed by atoms with van der Waals surface area (Å²) in [6.45, 7) is 2.22. The van der Waals surface area contributed by atoms with Crippen LogP contribution in [0.2, 0.25) is 5.02 Å². The second-order valence-corrected chi connectivity index (χ2v) is 8.85. The lowest BCUT2D eigenvalue weighted by Crippen LogP contribution is -2.13. The highest BCUT2D eigenvalue weighted by Crippen LogP contribution is 2.35. The summed E-state index contributed by atoms with van der Waals surface area (Å²) in [5.41, 5.74) is 2.94. The van der Waals surface area contributed by atoms with Crippen LogP contribution in [0.15, 0.2) is 75.2 Å². The number of nitrogens with zero attached hydrogens (tertiary/aromatic N) is 1. The minimum atomic E-state index is -0.535. The number of carbonyl (C=O) groups is 1. The van der Waals surface area contributed by atoms with Crippen LogP contribution in [0.25, 0.3) is 6.08 Å². The molecule has 0 aliphatic heterocycles. The molecule has 3 aromatic carbocycles. The van der Waals surface area contributed by atoms with Gasteiger partial charge in [0.2, 0.25) is 0 Å². The molecular formula is C24H17Br2ClN2O2. The molecule has 0 aliphatic carbocycles. The maximum Gasteiger partial charge on any atom is 0.266 e. The van der Waals surface area contributed by atoms with E-state index in [4.69, 9.17) is 16.3 Å². The number of amides is 1. The molecule has 0 saturated carbocycles. The average molecular weight is 561 g/mol. The van der Waals surface area contributed by atoms with Crippen LogP contribution in [-0.4, -0.2) is 5.91 Å². The number of hydrogen-bond acceptors (Lipinski definition) is 3. The summed E-state index contributed by atoms with van der Waals surface area (Å²) in [6, 6.07) is 20.5. The lowest BCUT2D eigenvalue weighted by Gasteiger charge is -2.13. The van der Waals surface area contributed by atoms with Gasteiger partial charge in [0.15, 0.2) is 0 Å². The van der Waals surface area contributed by atoms with E-state index >= 15 is 0 Å². The minimum absolute atomic E-state index is 0.0636. The second-order valence-electron chi connectivity index (χ2n) is 6.67. The van der Waals surface area contributed by atoms with Crippen molar-refractivity contribution in [2.24, 2.45) is 0 Å². The van der Waals surface area contributed by atoms with Crippen LogP contribution in [0, 0.1) is 18.3 Å². The topological polar surface area (TPSA) is 62.1 Å². The molecule has 0 spiro atoms. The quantitative estimate of drug-likeness (QED) is 0.254. The fraction of sp³-hybridized carbons (Fsp3) is 0.0833. The molecule has 0 radical (unpaired) electrons. The van der Waals surface area contributed by atoms with Gasteiger partial charge in [-0.15, -0.1) is 0 Å². The van der Waals surface area contributed by atoms with Crippen molar-refractivity contribution in [3.8, 4) is 11.8 Å². The normalized spacial score (nSPS) is 11.0. The number of nitriles is 1. The van der Waals surface area contributed by atoms with Crippen LogP contribution in [0.5, 0.6) is 5.75 Å². The molecule has 0 aromatic heterocycles. The molecule has 3 rings (SSSR count). The molecule has 1 N–H and O–H groups in total. The first-order chi connectivity index (χ1) is 14.9. The van der Waals surface area contributed by atoms with Crippen LogP contribution in [0.1, 0.15) is 16.7 Å². The maximum atomic E-state index is 12.7. The summed E-state index contributed by atoms with van der Waals surface area (Å²) >= 11 is 13.1. The smallest absolute Gasteiger partial charge is 0.266 e. The fourth-order valence-electron chi connectivity index (χ4n) is 2.74. The lowest BCUT2D eigenvalue weighted by molar-refractivity contribution is -0.112. The first kappa shape index (κ1) is 23.1. The van der Waals surface area contributed by atoms with Gasteiger partial charge in [0.05, 0.1) is 4.47 Å². The molecule has 156 valence electrons. The van der Waals surface area contributed by atoms with Crippen LogP contribution in [0.4, 0.5) is 5.69 Å². The predicted molar refractivity (Wildman–Crippen MR) is 131 cm³/mol. The Morgan fingerprint density at radius 1 is 1.16 bits per heavy atom. The van der Waals surface area contributed by atoms with Crippen molar-refractivity contribution in [2.75, 3.05) is 5.32 Å². The van der Waals surface area contributed by atoms with Gasteiger partial charge in [0.1, 0.15) is 24.0 Å². The Morgan fingerprint density at radius 2 is 1.90 bits per heavy atom. The van der Waals surface area contributed by atoms with E-state index in [2.05, 4.69) is 37.2 Å². The Hall–Kier alpha value is -2.59. The van der Waals surface area contributed by atoms with E-state index in [9.17, 15) is 10.1 Å². The molecule has 31 heavy (non-hydrogen) atoms. The molecule has 0 heterocycles. The van der Waals surface area contributed by atoms with Crippen LogP contribution in [-0.2, 0) is 11.4 Å². The van der Waals surface area contributed by atoms with Crippen molar-refractivity contribution in [1.29, 1.82) is 5.26 Å². The van der Waals surface area contributed by atoms with Gasteiger partial charge >= 0.3 is 0 Å². The number of hydrogen-bond donors (Lipinski definition) is 1. The number of ether oxygens (including phenoxy) is 1. The van der Waals surface area contributed by atoms with Crippen molar-refractivity contribution >= 4 is 61.1 Å². The average Bonchev–Trinajstić information content (AvgIpc) is 2.74. The molecule has 0 fully saturated rings.